The Morgan fingerprint density at radius 3 is 2.55 bits per heavy atom. The van der Waals surface area contributed by atoms with E-state index in [4.69, 9.17) is 0 Å². The smallest absolute Gasteiger partial charge is 0.270 e. The Morgan fingerprint density at radius 1 is 0.976 bits per heavy atom. The predicted octanol–water partition coefficient (Wildman–Crippen LogP) is 6.21. The molecule has 42 heavy (non-hydrogen) atoms. The average Bonchev–Trinajstić information content (AvgIpc) is 3.70. The lowest BCUT2D eigenvalue weighted by Crippen LogP contribution is -2.51. The summed E-state index contributed by atoms with van der Waals surface area (Å²) >= 11 is 1.28. The van der Waals surface area contributed by atoms with Crippen LogP contribution in [0.25, 0.3) is 5.57 Å². The van der Waals surface area contributed by atoms with Gasteiger partial charge in [-0.1, -0.05) is 54.1 Å². The van der Waals surface area contributed by atoms with Crippen LogP contribution in [0, 0.1) is 23.0 Å². The van der Waals surface area contributed by atoms with Gasteiger partial charge in [-0.25, -0.2) is 0 Å². The van der Waals surface area contributed by atoms with Gasteiger partial charge in [0.2, 0.25) is 5.91 Å². The lowest BCUT2D eigenvalue weighted by molar-refractivity contribution is -0.384. The molecule has 1 amide bonds. The maximum Gasteiger partial charge on any atom is 0.270 e. The molecule has 1 aromatic heterocycles. The first-order valence-corrected chi connectivity index (χ1v) is 14.5. The molecule has 3 aliphatic heterocycles. The number of nitrogens with one attached hydrogen (secondary N) is 1. The predicted molar refractivity (Wildman–Crippen MR) is 161 cm³/mol. The molecule has 1 spiro atoms. The molecule has 8 nitrogen and oxygen atoms in total. The number of allylic oxidation sites excluding steroid dienone is 1. The molecule has 0 aliphatic carbocycles. The molecule has 0 bridgehead atoms. The Kier molecular flexibility index (Phi) is 5.78. The summed E-state index contributed by atoms with van der Waals surface area (Å²) in [5.41, 5.74) is 3.28. The molecule has 0 saturated carbocycles. The van der Waals surface area contributed by atoms with Gasteiger partial charge < -0.3 is 10.2 Å². The normalized spacial score (nSPS) is 23.6. The fourth-order valence-electron chi connectivity index (χ4n) is 7.06. The van der Waals surface area contributed by atoms with Crippen molar-refractivity contribution >= 4 is 51.4 Å². The van der Waals surface area contributed by atoms with E-state index in [0.717, 1.165) is 22.4 Å². The van der Waals surface area contributed by atoms with Crippen LogP contribution in [0.3, 0.4) is 0 Å². The third-order valence-corrected chi connectivity index (χ3v) is 9.67. The first-order valence-electron chi connectivity index (χ1n) is 13.6. The van der Waals surface area contributed by atoms with E-state index >= 15 is 0 Å². The number of carbonyl (C=O) groups excluding carboxylic acids is 3. The van der Waals surface area contributed by atoms with Crippen molar-refractivity contribution in [3.05, 3.63) is 128 Å². The Bertz CT molecular complexity index is 1860. The van der Waals surface area contributed by atoms with Crippen LogP contribution in [-0.4, -0.2) is 34.5 Å². The number of rotatable bonds is 5. The van der Waals surface area contributed by atoms with Crippen LogP contribution < -0.4 is 10.2 Å². The number of benzene rings is 3. The monoisotopic (exact) mass is 575 g/mol. The quantitative estimate of drug-likeness (QED) is 0.172. The topological polar surface area (TPSA) is 110 Å². The molecule has 4 atom stereocenters. The van der Waals surface area contributed by atoms with Gasteiger partial charge in [0.25, 0.3) is 5.69 Å². The van der Waals surface area contributed by atoms with Crippen LogP contribution in [0.1, 0.15) is 43.6 Å². The molecule has 7 rings (SSSR count). The minimum atomic E-state index is -1.47. The van der Waals surface area contributed by atoms with E-state index in [0.29, 0.717) is 16.1 Å². The van der Waals surface area contributed by atoms with Gasteiger partial charge in [-0.2, -0.15) is 0 Å². The molecule has 0 unspecified atom stereocenters. The van der Waals surface area contributed by atoms with E-state index in [-0.39, 0.29) is 22.9 Å². The van der Waals surface area contributed by atoms with Crippen molar-refractivity contribution in [2.24, 2.45) is 5.92 Å². The average molecular weight is 576 g/mol. The maximum absolute atomic E-state index is 14.8. The highest BCUT2D eigenvalue weighted by atomic mass is 32.1. The van der Waals surface area contributed by atoms with Gasteiger partial charge in [0.15, 0.2) is 11.6 Å². The Labute approximate surface area is 245 Å². The van der Waals surface area contributed by atoms with Crippen molar-refractivity contribution in [1.29, 1.82) is 0 Å². The third kappa shape index (κ3) is 3.50. The Hall–Kier alpha value is -4.89. The molecule has 4 aromatic rings. The van der Waals surface area contributed by atoms with Gasteiger partial charge in [-0.3, -0.25) is 24.5 Å². The number of anilines is 2. The number of hydrogen-bond acceptors (Lipinski definition) is 7. The zero-order valence-electron chi connectivity index (χ0n) is 22.7. The number of aryl methyl sites for hydroxylation is 1. The van der Waals surface area contributed by atoms with Crippen LogP contribution in [0.2, 0.25) is 0 Å². The molecular weight excluding hydrogens is 550 g/mol. The fourth-order valence-corrected chi connectivity index (χ4v) is 7.76. The largest absolute Gasteiger partial charge is 0.352 e. The first kappa shape index (κ1) is 26.0. The minimum Gasteiger partial charge on any atom is -0.352 e. The maximum atomic E-state index is 14.8. The van der Waals surface area contributed by atoms with Crippen molar-refractivity contribution in [3.63, 3.8) is 0 Å². The minimum absolute atomic E-state index is 0.0828. The second kappa shape index (κ2) is 9.32. The van der Waals surface area contributed by atoms with Crippen LogP contribution in [-0.2, 0) is 10.2 Å². The van der Waals surface area contributed by atoms with Crippen LogP contribution >= 0.6 is 11.3 Å². The lowest BCUT2D eigenvalue weighted by atomic mass is 9.64. The number of hydrogen-bond donors (Lipinski definition) is 1. The lowest BCUT2D eigenvalue weighted by Gasteiger charge is -2.39. The highest BCUT2D eigenvalue weighted by Gasteiger charge is 2.70. The van der Waals surface area contributed by atoms with Gasteiger partial charge in [-0.15, -0.1) is 11.3 Å². The van der Waals surface area contributed by atoms with E-state index in [9.17, 15) is 24.5 Å². The van der Waals surface area contributed by atoms with Crippen molar-refractivity contribution in [3.8, 4) is 0 Å². The molecule has 1 saturated heterocycles. The van der Waals surface area contributed by atoms with Crippen LogP contribution in [0.15, 0.2) is 90.3 Å². The SMILES string of the molecule is CC1=C[C@H]2N(c3ccc(C)cc31)[C@H](C(=O)c1cccs1)[C@H](C(=O)c1cccc([N+](=O)[O-])c1)[C@]21C(=O)Nc2ccccc21. The number of Topliss-reactive ketones (excluding diaryl/α,β-unsaturated/α-hetero) is 2. The number of fused-ring (bicyclic) bond motifs is 6. The molecule has 9 heteroatoms. The number of nitro groups is 1. The Morgan fingerprint density at radius 2 is 1.79 bits per heavy atom. The van der Waals surface area contributed by atoms with Crippen molar-refractivity contribution in [2.45, 2.75) is 31.3 Å². The van der Waals surface area contributed by atoms with Crippen molar-refractivity contribution in [2.75, 3.05) is 10.2 Å². The van der Waals surface area contributed by atoms with Gasteiger partial charge in [0, 0.05) is 34.6 Å². The summed E-state index contributed by atoms with van der Waals surface area (Å²) in [5, 5.41) is 16.5. The molecule has 3 aliphatic rings. The van der Waals surface area contributed by atoms with E-state index in [1.165, 1.54) is 35.6 Å². The molecule has 4 heterocycles. The number of nitro benzene ring substituents is 1. The Balaban J connectivity index is 1.56. The number of nitrogens with zero attached hydrogens (tertiary/aromatic N) is 2. The fraction of sp³-hybridized carbons (Fsp3) is 0.182. The summed E-state index contributed by atoms with van der Waals surface area (Å²) in [6.07, 6.45) is 2.00. The van der Waals surface area contributed by atoms with Crippen molar-refractivity contribution < 1.29 is 19.3 Å². The standard InChI is InChI=1S/C33H25N3O5S/c1-18-12-13-25-22(15-18)19(2)16-27-33(23-9-3-4-10-24(23)34-32(33)39)28(29(35(25)27)31(38)26-11-6-14-42-26)30(37)20-7-5-8-21(17-20)36(40)41/h3-17,27-29H,1-2H3,(H,34,39)/t27-,28-,29+,33-/m1/s1. The summed E-state index contributed by atoms with van der Waals surface area (Å²) in [6.45, 7) is 3.97. The number of ketones is 2. The van der Waals surface area contributed by atoms with Gasteiger partial charge in [-0.05, 0) is 54.6 Å². The van der Waals surface area contributed by atoms with E-state index in [1.54, 1.807) is 18.2 Å². The van der Waals surface area contributed by atoms with E-state index in [2.05, 4.69) is 11.4 Å². The van der Waals surface area contributed by atoms with E-state index in [1.807, 2.05) is 60.5 Å². The summed E-state index contributed by atoms with van der Waals surface area (Å²) in [5.74, 6) is -2.32. The van der Waals surface area contributed by atoms with Crippen LogP contribution in [0.5, 0.6) is 0 Å². The molecule has 1 fully saturated rings. The number of non-ortho nitro benzene ring substituents is 1. The number of thiophene rings is 1. The highest BCUT2D eigenvalue weighted by molar-refractivity contribution is 7.12. The first-order chi connectivity index (χ1) is 20.2. The van der Waals surface area contributed by atoms with Gasteiger partial charge in [0.1, 0.15) is 11.5 Å². The van der Waals surface area contributed by atoms with E-state index < -0.39 is 34.1 Å². The number of para-hydroxylation sites is 1. The highest BCUT2D eigenvalue weighted by Crippen LogP contribution is 2.59. The zero-order chi connectivity index (χ0) is 29.3. The second-order valence-corrected chi connectivity index (χ2v) is 12.0. The van der Waals surface area contributed by atoms with Crippen LogP contribution in [0.4, 0.5) is 17.1 Å². The molecule has 3 aromatic carbocycles. The molecule has 208 valence electrons. The summed E-state index contributed by atoms with van der Waals surface area (Å²) in [7, 11) is 0. The summed E-state index contributed by atoms with van der Waals surface area (Å²) in [6, 6.07) is 20.6. The molecule has 0 radical (unpaired) electrons. The summed E-state index contributed by atoms with van der Waals surface area (Å²) < 4.78 is 0. The zero-order valence-corrected chi connectivity index (χ0v) is 23.6. The van der Waals surface area contributed by atoms with Gasteiger partial charge in [0.05, 0.1) is 21.8 Å². The number of carbonyl (C=O) groups is 3. The summed E-state index contributed by atoms with van der Waals surface area (Å²) in [4.78, 5) is 57.3. The second-order valence-electron chi connectivity index (χ2n) is 11.0. The number of amides is 1. The van der Waals surface area contributed by atoms with Crippen molar-refractivity contribution in [1.82, 2.24) is 0 Å². The molecular formula is C33H25N3O5S. The third-order valence-electron chi connectivity index (χ3n) is 8.79. The van der Waals surface area contributed by atoms with Gasteiger partial charge >= 0.3 is 0 Å². The molecule has 1 N–H and O–H groups in total.